The Morgan fingerprint density at radius 3 is 2.87 bits per heavy atom. The first-order valence-corrected chi connectivity index (χ1v) is 11.9. The number of fused-ring (bicyclic) bond motifs is 1. The number of aliphatic carboxylic acids is 1. The molecular weight excluding hydrogens is 448 g/mol. The fourth-order valence-electron chi connectivity index (χ4n) is 3.27. The SMILES string of the molecule is CCn1nccc1C(=O)N[C@H]1C(=O)N2C(C(=O)O)=C(CSc3nnc(C)s3)CS[C@@H]12. The fraction of sp³-hybridized carbons (Fsp3) is 0.412. The molecule has 30 heavy (non-hydrogen) atoms. The van der Waals surface area contributed by atoms with Gasteiger partial charge >= 0.3 is 5.97 Å². The number of hydrogen-bond donors (Lipinski definition) is 2. The molecule has 2 atom stereocenters. The van der Waals surface area contributed by atoms with Gasteiger partial charge in [0.2, 0.25) is 0 Å². The van der Waals surface area contributed by atoms with Gasteiger partial charge < -0.3 is 10.4 Å². The van der Waals surface area contributed by atoms with Gasteiger partial charge in [-0.05, 0) is 25.5 Å². The molecule has 2 N–H and O–H groups in total. The highest BCUT2D eigenvalue weighted by atomic mass is 32.2. The van der Waals surface area contributed by atoms with Gasteiger partial charge in [0, 0.05) is 24.2 Å². The number of rotatable bonds is 7. The third-order valence-corrected chi connectivity index (χ3v) is 8.06. The van der Waals surface area contributed by atoms with Crippen LogP contribution in [0.1, 0.15) is 22.4 Å². The number of carbonyl (C=O) groups excluding carboxylic acids is 2. The number of amides is 2. The summed E-state index contributed by atoms with van der Waals surface area (Å²) in [4.78, 5) is 38.5. The summed E-state index contributed by atoms with van der Waals surface area (Å²) >= 11 is 4.29. The van der Waals surface area contributed by atoms with Crippen molar-refractivity contribution in [3.8, 4) is 0 Å². The van der Waals surface area contributed by atoms with E-state index in [0.29, 0.717) is 29.3 Å². The lowest BCUT2D eigenvalue weighted by atomic mass is 10.0. The molecule has 1 fully saturated rings. The number of thioether (sulfide) groups is 2. The summed E-state index contributed by atoms with van der Waals surface area (Å²) in [7, 11) is 0. The lowest BCUT2D eigenvalue weighted by molar-refractivity contribution is -0.148. The highest BCUT2D eigenvalue weighted by Gasteiger charge is 2.54. The molecule has 10 nitrogen and oxygen atoms in total. The van der Waals surface area contributed by atoms with Crippen LogP contribution >= 0.6 is 34.9 Å². The van der Waals surface area contributed by atoms with E-state index in [1.54, 1.807) is 6.07 Å². The predicted molar refractivity (Wildman–Crippen MR) is 112 cm³/mol. The van der Waals surface area contributed by atoms with Gasteiger partial charge in [-0.15, -0.1) is 22.0 Å². The summed E-state index contributed by atoms with van der Waals surface area (Å²) in [6, 6.07) is 0.818. The van der Waals surface area contributed by atoms with Gasteiger partial charge in [-0.1, -0.05) is 23.1 Å². The Labute approximate surface area is 184 Å². The van der Waals surface area contributed by atoms with Crippen LogP contribution in [-0.4, -0.2) is 70.7 Å². The van der Waals surface area contributed by atoms with Crippen molar-refractivity contribution in [2.24, 2.45) is 0 Å². The van der Waals surface area contributed by atoms with Crippen molar-refractivity contribution in [3.05, 3.63) is 34.2 Å². The molecule has 4 rings (SSSR count). The van der Waals surface area contributed by atoms with Crippen molar-refractivity contribution in [2.45, 2.75) is 36.1 Å². The van der Waals surface area contributed by atoms with Crippen molar-refractivity contribution in [2.75, 3.05) is 11.5 Å². The molecule has 0 aliphatic carbocycles. The Morgan fingerprint density at radius 1 is 1.40 bits per heavy atom. The monoisotopic (exact) mass is 466 g/mol. The molecule has 0 unspecified atom stereocenters. The zero-order valence-electron chi connectivity index (χ0n) is 16.1. The number of aromatic nitrogens is 4. The molecular formula is C17H18N6O4S3. The van der Waals surface area contributed by atoms with Crippen LogP contribution in [0.4, 0.5) is 0 Å². The van der Waals surface area contributed by atoms with E-state index < -0.39 is 29.2 Å². The molecule has 4 heterocycles. The minimum atomic E-state index is -1.15. The van der Waals surface area contributed by atoms with Crippen LogP contribution in [0.3, 0.4) is 0 Å². The van der Waals surface area contributed by atoms with Gasteiger partial charge in [0.05, 0.1) is 0 Å². The highest BCUT2D eigenvalue weighted by Crippen LogP contribution is 2.41. The Hall–Kier alpha value is -2.38. The van der Waals surface area contributed by atoms with E-state index in [1.807, 2.05) is 13.8 Å². The molecule has 2 aromatic rings. The summed E-state index contributed by atoms with van der Waals surface area (Å²) in [6.07, 6.45) is 1.53. The number of carboxylic acids is 1. The number of hydrogen-bond acceptors (Lipinski definition) is 9. The maximum absolute atomic E-state index is 12.7. The van der Waals surface area contributed by atoms with Gasteiger partial charge in [-0.2, -0.15) is 5.10 Å². The van der Waals surface area contributed by atoms with Crippen molar-refractivity contribution < 1.29 is 19.5 Å². The average Bonchev–Trinajstić information content (AvgIpc) is 3.37. The van der Waals surface area contributed by atoms with Gasteiger partial charge in [0.25, 0.3) is 11.8 Å². The first kappa shape index (κ1) is 20.9. The third kappa shape index (κ3) is 3.72. The van der Waals surface area contributed by atoms with Crippen LogP contribution in [0.25, 0.3) is 0 Å². The third-order valence-electron chi connectivity index (χ3n) is 4.66. The molecule has 0 bridgehead atoms. The first-order chi connectivity index (χ1) is 14.4. The minimum Gasteiger partial charge on any atom is -0.477 e. The quantitative estimate of drug-likeness (QED) is 0.457. The number of carboxylic acid groups (broad SMARTS) is 1. The normalized spacial score (nSPS) is 20.7. The van der Waals surface area contributed by atoms with E-state index in [1.165, 1.54) is 50.6 Å². The Morgan fingerprint density at radius 2 is 2.20 bits per heavy atom. The van der Waals surface area contributed by atoms with Crippen LogP contribution in [0, 0.1) is 6.92 Å². The van der Waals surface area contributed by atoms with Gasteiger partial charge in [-0.25, -0.2) is 4.79 Å². The number of aryl methyl sites for hydroxylation is 2. The molecule has 2 amide bonds. The summed E-state index contributed by atoms with van der Waals surface area (Å²) < 4.78 is 2.29. The van der Waals surface area contributed by atoms with E-state index in [4.69, 9.17) is 0 Å². The predicted octanol–water partition coefficient (Wildman–Crippen LogP) is 1.21. The average molecular weight is 467 g/mol. The molecule has 2 aliphatic rings. The second-order valence-corrected chi connectivity index (χ2v) is 10.0. The van der Waals surface area contributed by atoms with Crippen LogP contribution in [0.5, 0.6) is 0 Å². The summed E-state index contributed by atoms with van der Waals surface area (Å²) in [5.41, 5.74) is 1.02. The molecule has 0 aromatic carbocycles. The number of β-lactam (4-membered cyclic amide) rings is 1. The smallest absolute Gasteiger partial charge is 0.352 e. The summed E-state index contributed by atoms with van der Waals surface area (Å²) in [5.74, 6) is -1.10. The summed E-state index contributed by atoms with van der Waals surface area (Å²) in [5, 5.41) is 24.9. The van der Waals surface area contributed by atoms with E-state index in [-0.39, 0.29) is 5.70 Å². The highest BCUT2D eigenvalue weighted by molar-refractivity contribution is 8.01. The minimum absolute atomic E-state index is 0.00147. The van der Waals surface area contributed by atoms with Crippen molar-refractivity contribution in [1.29, 1.82) is 0 Å². The van der Waals surface area contributed by atoms with Gasteiger partial charge in [0.1, 0.15) is 27.8 Å². The molecule has 158 valence electrons. The molecule has 2 aliphatic heterocycles. The van der Waals surface area contributed by atoms with Gasteiger partial charge in [0.15, 0.2) is 4.34 Å². The number of nitrogens with zero attached hydrogens (tertiary/aromatic N) is 5. The molecule has 0 spiro atoms. The Balaban J connectivity index is 1.48. The largest absolute Gasteiger partial charge is 0.477 e. The van der Waals surface area contributed by atoms with Crippen molar-refractivity contribution >= 4 is 52.6 Å². The van der Waals surface area contributed by atoms with E-state index in [2.05, 4.69) is 20.6 Å². The number of carbonyl (C=O) groups is 3. The Bertz CT molecular complexity index is 1050. The van der Waals surface area contributed by atoms with Gasteiger partial charge in [-0.3, -0.25) is 19.2 Å². The standard InChI is InChI=1S/C17H18N6O4S3/c1-3-22-10(4-5-18-22)13(24)19-11-14(25)23-12(16(26)27)9(6-28-15(11)23)7-29-17-21-20-8(2)30-17/h4-5,11,15H,3,6-7H2,1-2H3,(H,19,24)(H,26,27)/t11-,15-/m0/s1. The maximum atomic E-state index is 12.7. The van der Waals surface area contributed by atoms with Crippen LogP contribution in [0.2, 0.25) is 0 Å². The summed E-state index contributed by atoms with van der Waals surface area (Å²) in [6.45, 7) is 4.24. The van der Waals surface area contributed by atoms with Crippen molar-refractivity contribution in [1.82, 2.24) is 30.2 Å². The van der Waals surface area contributed by atoms with E-state index in [0.717, 1.165) is 9.35 Å². The second kappa shape index (κ2) is 8.40. The lowest BCUT2D eigenvalue weighted by Gasteiger charge is -2.49. The second-order valence-electron chi connectivity index (χ2n) is 6.53. The topological polar surface area (TPSA) is 130 Å². The molecule has 13 heteroatoms. The zero-order chi connectivity index (χ0) is 21.4. The van der Waals surface area contributed by atoms with Crippen LogP contribution in [0.15, 0.2) is 27.9 Å². The molecule has 0 saturated carbocycles. The Kier molecular flexibility index (Phi) is 5.84. The van der Waals surface area contributed by atoms with Crippen LogP contribution in [-0.2, 0) is 16.1 Å². The molecule has 2 aromatic heterocycles. The number of nitrogens with one attached hydrogen (secondary N) is 1. The fourth-order valence-corrected chi connectivity index (χ4v) is 6.57. The van der Waals surface area contributed by atoms with Crippen molar-refractivity contribution in [3.63, 3.8) is 0 Å². The van der Waals surface area contributed by atoms with E-state index >= 15 is 0 Å². The lowest BCUT2D eigenvalue weighted by Crippen LogP contribution is -2.70. The molecule has 0 radical (unpaired) electrons. The molecule has 1 saturated heterocycles. The zero-order valence-corrected chi connectivity index (χ0v) is 18.5. The van der Waals surface area contributed by atoms with E-state index in [9.17, 15) is 19.5 Å². The van der Waals surface area contributed by atoms with Crippen LogP contribution < -0.4 is 5.32 Å². The maximum Gasteiger partial charge on any atom is 0.352 e. The first-order valence-electron chi connectivity index (χ1n) is 9.06.